The van der Waals surface area contributed by atoms with Gasteiger partial charge in [-0.1, -0.05) is 18.2 Å². The van der Waals surface area contributed by atoms with Crippen LogP contribution in [0.3, 0.4) is 0 Å². The first kappa shape index (κ1) is 14.0. The van der Waals surface area contributed by atoms with E-state index in [1.54, 1.807) is 0 Å². The molecule has 0 aliphatic rings. The second-order valence-corrected chi connectivity index (χ2v) is 2.65. The zero-order valence-electron chi connectivity index (χ0n) is 8.37. The first-order valence-electron chi connectivity index (χ1n) is 3.80. The molecule has 0 saturated carbocycles. The van der Waals surface area contributed by atoms with Crippen molar-refractivity contribution >= 4 is 6.47 Å². The minimum absolute atomic E-state index is 0.250. The van der Waals surface area contributed by atoms with Crippen LogP contribution in [0.15, 0.2) is 35.6 Å². The topological polar surface area (TPSA) is 63.3 Å². The molecule has 13 heavy (non-hydrogen) atoms. The van der Waals surface area contributed by atoms with E-state index in [9.17, 15) is 0 Å². The van der Waals surface area contributed by atoms with Gasteiger partial charge in [-0.25, -0.2) is 0 Å². The molecule has 0 bridgehead atoms. The van der Waals surface area contributed by atoms with Crippen molar-refractivity contribution in [2.45, 2.75) is 20.8 Å². The zero-order valence-corrected chi connectivity index (χ0v) is 8.37. The normalized spacial score (nSPS) is 11.3. The average Bonchev–Trinajstić information content (AvgIpc) is 2.01. The van der Waals surface area contributed by atoms with Gasteiger partial charge < -0.3 is 10.8 Å². The Labute approximate surface area is 79.3 Å². The average molecular weight is 183 g/mol. The molecule has 0 aliphatic heterocycles. The van der Waals surface area contributed by atoms with Crippen LogP contribution in [-0.4, -0.2) is 11.6 Å². The molecule has 0 amide bonds. The lowest BCUT2D eigenvalue weighted by atomic mass is 10.1. The van der Waals surface area contributed by atoms with E-state index in [4.69, 9.17) is 15.6 Å². The maximum atomic E-state index is 8.36. The minimum atomic E-state index is -0.250. The van der Waals surface area contributed by atoms with Crippen molar-refractivity contribution in [2.75, 3.05) is 0 Å². The molecule has 0 unspecified atom stereocenters. The van der Waals surface area contributed by atoms with Crippen molar-refractivity contribution in [3.63, 3.8) is 0 Å². The van der Waals surface area contributed by atoms with Gasteiger partial charge in [0.25, 0.3) is 6.47 Å². The van der Waals surface area contributed by atoms with Gasteiger partial charge in [0.05, 0.1) is 0 Å². The van der Waals surface area contributed by atoms with Crippen molar-refractivity contribution < 1.29 is 9.90 Å². The van der Waals surface area contributed by atoms with Crippen LogP contribution in [-0.2, 0) is 4.79 Å². The fraction of sp³-hybridized carbons (Fsp3) is 0.300. The van der Waals surface area contributed by atoms with Crippen LogP contribution in [0.4, 0.5) is 0 Å². The van der Waals surface area contributed by atoms with E-state index in [2.05, 4.69) is 6.58 Å². The highest BCUT2D eigenvalue weighted by Gasteiger charge is 1.84. The molecule has 0 aromatic heterocycles. The summed E-state index contributed by atoms with van der Waals surface area (Å²) in [5.41, 5.74) is 8.50. The predicted molar refractivity (Wildman–Crippen MR) is 55.2 cm³/mol. The number of allylic oxidation sites excluding steroid dienone is 5. The van der Waals surface area contributed by atoms with Gasteiger partial charge in [0.1, 0.15) is 0 Å². The van der Waals surface area contributed by atoms with Crippen molar-refractivity contribution in [1.82, 2.24) is 0 Å². The largest absolute Gasteiger partial charge is 0.483 e. The Morgan fingerprint density at radius 1 is 1.31 bits per heavy atom. The predicted octanol–water partition coefficient (Wildman–Crippen LogP) is 2.07. The van der Waals surface area contributed by atoms with E-state index in [-0.39, 0.29) is 6.47 Å². The summed E-state index contributed by atoms with van der Waals surface area (Å²) in [5.74, 6) is 0. The van der Waals surface area contributed by atoms with Crippen LogP contribution in [0, 0.1) is 0 Å². The number of rotatable bonds is 2. The SMILES string of the molecule is C=C(C)/C(C)=C\C=C(\C)N.O=CO. The molecule has 0 heterocycles. The summed E-state index contributed by atoms with van der Waals surface area (Å²) in [6.45, 7) is 9.40. The first-order valence-corrected chi connectivity index (χ1v) is 3.80. The van der Waals surface area contributed by atoms with Crippen LogP contribution < -0.4 is 5.73 Å². The summed E-state index contributed by atoms with van der Waals surface area (Å²) in [6.07, 6.45) is 3.85. The molecule has 0 atom stereocenters. The number of hydrogen-bond donors (Lipinski definition) is 2. The third-order valence-corrected chi connectivity index (χ3v) is 1.27. The van der Waals surface area contributed by atoms with E-state index in [0.717, 1.165) is 11.3 Å². The summed E-state index contributed by atoms with van der Waals surface area (Å²) in [7, 11) is 0. The maximum Gasteiger partial charge on any atom is 0.290 e. The molecule has 0 aliphatic carbocycles. The van der Waals surface area contributed by atoms with Crippen molar-refractivity contribution in [3.05, 3.63) is 35.6 Å². The first-order chi connectivity index (χ1) is 5.95. The summed E-state index contributed by atoms with van der Waals surface area (Å²) in [5, 5.41) is 6.89. The summed E-state index contributed by atoms with van der Waals surface area (Å²) >= 11 is 0. The highest BCUT2D eigenvalue weighted by atomic mass is 16.3. The number of carboxylic acid groups (broad SMARTS) is 1. The molecule has 0 spiro atoms. The second kappa shape index (κ2) is 8.59. The second-order valence-electron chi connectivity index (χ2n) is 2.65. The minimum Gasteiger partial charge on any atom is -0.483 e. The van der Waals surface area contributed by atoms with Gasteiger partial charge in [-0.2, -0.15) is 0 Å². The maximum absolute atomic E-state index is 8.36. The van der Waals surface area contributed by atoms with Crippen LogP contribution in [0.25, 0.3) is 0 Å². The molecule has 0 aromatic carbocycles. The Morgan fingerprint density at radius 2 is 1.69 bits per heavy atom. The quantitative estimate of drug-likeness (QED) is 0.509. The zero-order chi connectivity index (χ0) is 10.9. The molecule has 0 aromatic rings. The van der Waals surface area contributed by atoms with Crippen molar-refractivity contribution in [3.8, 4) is 0 Å². The van der Waals surface area contributed by atoms with Gasteiger partial charge >= 0.3 is 0 Å². The van der Waals surface area contributed by atoms with E-state index >= 15 is 0 Å². The molecule has 0 fully saturated rings. The lowest BCUT2D eigenvalue weighted by Gasteiger charge is -1.94. The van der Waals surface area contributed by atoms with Crippen LogP contribution in [0.2, 0.25) is 0 Å². The molecular weight excluding hydrogens is 166 g/mol. The molecule has 0 rings (SSSR count). The monoisotopic (exact) mass is 183 g/mol. The number of carbonyl (C=O) groups is 1. The van der Waals surface area contributed by atoms with Gasteiger partial charge in [0.15, 0.2) is 0 Å². The Kier molecular flexibility index (Phi) is 9.27. The van der Waals surface area contributed by atoms with Gasteiger partial charge in [0.2, 0.25) is 0 Å². The Balaban J connectivity index is 0. The molecular formula is C10H17NO2. The molecule has 0 radical (unpaired) electrons. The van der Waals surface area contributed by atoms with Crippen molar-refractivity contribution in [2.24, 2.45) is 5.73 Å². The van der Waals surface area contributed by atoms with Crippen LogP contribution in [0.5, 0.6) is 0 Å². The molecule has 0 saturated heterocycles. The smallest absolute Gasteiger partial charge is 0.290 e. The third kappa shape index (κ3) is 13.5. The fourth-order valence-electron chi connectivity index (χ4n) is 0.399. The lowest BCUT2D eigenvalue weighted by molar-refractivity contribution is -0.122. The Bertz CT molecular complexity index is 223. The lowest BCUT2D eigenvalue weighted by Crippen LogP contribution is -1.88. The van der Waals surface area contributed by atoms with Crippen LogP contribution in [0.1, 0.15) is 20.8 Å². The molecule has 3 heteroatoms. The molecule has 3 nitrogen and oxygen atoms in total. The highest BCUT2D eigenvalue weighted by molar-refractivity contribution is 5.32. The van der Waals surface area contributed by atoms with Gasteiger partial charge in [-0.05, 0) is 32.4 Å². The van der Waals surface area contributed by atoms with E-state index in [1.165, 1.54) is 5.57 Å². The van der Waals surface area contributed by atoms with Crippen molar-refractivity contribution in [1.29, 1.82) is 0 Å². The molecule has 74 valence electrons. The van der Waals surface area contributed by atoms with Crippen LogP contribution >= 0.6 is 0 Å². The summed E-state index contributed by atoms with van der Waals surface area (Å²) < 4.78 is 0. The summed E-state index contributed by atoms with van der Waals surface area (Å²) in [6, 6.07) is 0. The van der Waals surface area contributed by atoms with Gasteiger partial charge in [-0.15, -0.1) is 0 Å². The number of hydrogen-bond acceptors (Lipinski definition) is 2. The Hall–Kier alpha value is -1.51. The van der Waals surface area contributed by atoms with E-state index < -0.39 is 0 Å². The van der Waals surface area contributed by atoms with E-state index in [0.29, 0.717) is 0 Å². The summed E-state index contributed by atoms with van der Waals surface area (Å²) in [4.78, 5) is 8.36. The third-order valence-electron chi connectivity index (χ3n) is 1.27. The van der Waals surface area contributed by atoms with Gasteiger partial charge in [0, 0.05) is 5.70 Å². The van der Waals surface area contributed by atoms with Gasteiger partial charge in [-0.3, -0.25) is 4.79 Å². The standard InChI is InChI=1S/C9H15N.CH2O2/c1-7(2)8(3)5-6-9(4)10;2-1-3/h5-6H,1,10H2,2-4H3;1H,(H,2,3)/b8-5-,9-6-;. The molecule has 3 N–H and O–H groups in total. The fourth-order valence-corrected chi connectivity index (χ4v) is 0.399. The van der Waals surface area contributed by atoms with E-state index in [1.807, 2.05) is 32.9 Å². The number of nitrogens with two attached hydrogens (primary N) is 1. The Morgan fingerprint density at radius 3 is 1.92 bits per heavy atom. The highest BCUT2D eigenvalue weighted by Crippen LogP contribution is 2.04.